The van der Waals surface area contributed by atoms with Crippen molar-refractivity contribution >= 4 is 46.0 Å². The van der Waals surface area contributed by atoms with Crippen LogP contribution >= 0.6 is 23.1 Å². The van der Waals surface area contributed by atoms with Gasteiger partial charge in [0.25, 0.3) is 5.91 Å². The van der Waals surface area contributed by atoms with Gasteiger partial charge in [0.2, 0.25) is 11.8 Å². The molecule has 1 aliphatic rings. The third-order valence-corrected chi connectivity index (χ3v) is 7.13. The molecule has 12 nitrogen and oxygen atoms in total. The first-order chi connectivity index (χ1) is 18.9. The number of amides is 4. The molecule has 2 heterocycles. The van der Waals surface area contributed by atoms with Crippen LogP contribution in [0.2, 0.25) is 5.02 Å². The second kappa shape index (κ2) is 14.5. The number of benzene rings is 1. The second-order valence-corrected chi connectivity index (χ2v) is 10.5. The number of hydrogen-bond acceptors (Lipinski definition) is 9. The topological polar surface area (TPSA) is 170 Å². The zero-order valence-corrected chi connectivity index (χ0v) is 23.2. The number of primary amides is 1. The van der Waals surface area contributed by atoms with Gasteiger partial charge < -0.3 is 35.8 Å². The number of piperazine rings is 1. The first-order valence-corrected chi connectivity index (χ1v) is 13.5. The largest absolute Gasteiger partial charge is 0.471 e. The molecule has 220 valence electrons. The number of nitrogens with two attached hydrogens (primary N) is 1. The number of aliphatic hydroxyl groups excluding tert-OH is 2. The number of likely N-dealkylation sites (N-methyl/N-ethyl adjacent to an activating group) is 1. The number of urea groups is 1. The highest BCUT2D eigenvalue weighted by molar-refractivity contribution is 7.11. The Morgan fingerprint density at radius 3 is 2.45 bits per heavy atom. The molecule has 1 saturated heterocycles. The molecule has 0 saturated carbocycles. The molecule has 1 aromatic carbocycles. The summed E-state index contributed by atoms with van der Waals surface area (Å²) in [6, 6.07) is 1.07. The Kier molecular flexibility index (Phi) is 11.4. The summed E-state index contributed by atoms with van der Waals surface area (Å²) in [6.07, 6.45) is -2.06. The van der Waals surface area contributed by atoms with Gasteiger partial charge in [0.1, 0.15) is 28.8 Å². The number of anilines is 1. The third kappa shape index (κ3) is 8.96. The van der Waals surface area contributed by atoms with E-state index in [-0.39, 0.29) is 53.2 Å². The Morgan fingerprint density at radius 1 is 1.18 bits per heavy atom. The molecule has 16 heteroatoms. The van der Waals surface area contributed by atoms with E-state index >= 15 is 0 Å². The van der Waals surface area contributed by atoms with Gasteiger partial charge in [-0.05, 0) is 43.6 Å². The van der Waals surface area contributed by atoms with Crippen LogP contribution in [0.15, 0.2) is 12.1 Å². The van der Waals surface area contributed by atoms with Gasteiger partial charge in [0.15, 0.2) is 0 Å². The molecule has 40 heavy (non-hydrogen) atoms. The number of halogens is 3. The molecular weight excluding hydrogens is 574 g/mol. The zero-order valence-electron chi connectivity index (χ0n) is 21.7. The summed E-state index contributed by atoms with van der Waals surface area (Å²) < 4.78 is 37.2. The molecule has 1 aromatic heterocycles. The van der Waals surface area contributed by atoms with Crippen molar-refractivity contribution in [2.75, 3.05) is 45.1 Å². The summed E-state index contributed by atoms with van der Waals surface area (Å²) in [5.41, 5.74) is 4.66. The van der Waals surface area contributed by atoms with Crippen molar-refractivity contribution in [3.63, 3.8) is 0 Å². The second-order valence-electron chi connectivity index (χ2n) is 9.29. The van der Waals surface area contributed by atoms with Gasteiger partial charge in [-0.2, -0.15) is 4.37 Å². The molecule has 2 aromatic rings. The van der Waals surface area contributed by atoms with Crippen molar-refractivity contribution in [3.8, 4) is 5.88 Å². The summed E-state index contributed by atoms with van der Waals surface area (Å²) in [5.74, 6) is -3.39. The van der Waals surface area contributed by atoms with E-state index in [4.69, 9.17) is 22.1 Å². The average Bonchev–Trinajstić information content (AvgIpc) is 3.26. The van der Waals surface area contributed by atoms with Crippen molar-refractivity contribution in [1.82, 2.24) is 19.5 Å². The van der Waals surface area contributed by atoms with Crippen molar-refractivity contribution < 1.29 is 38.1 Å². The predicted molar refractivity (Wildman–Crippen MR) is 143 cm³/mol. The van der Waals surface area contributed by atoms with Gasteiger partial charge in [-0.15, -0.1) is 0 Å². The van der Waals surface area contributed by atoms with Crippen LogP contribution in [0.5, 0.6) is 5.88 Å². The van der Waals surface area contributed by atoms with E-state index < -0.39 is 48.0 Å². The Hall–Kier alpha value is -3.11. The van der Waals surface area contributed by atoms with Gasteiger partial charge in [-0.3, -0.25) is 14.9 Å². The fraction of sp³-hybridized carbons (Fsp3) is 0.500. The lowest BCUT2D eigenvalue weighted by atomic mass is 10.1. The molecule has 3 rings (SSSR count). The minimum Gasteiger partial charge on any atom is -0.471 e. The third-order valence-electron chi connectivity index (χ3n) is 6.17. The fourth-order valence-corrected chi connectivity index (χ4v) is 4.86. The molecule has 2 atom stereocenters. The summed E-state index contributed by atoms with van der Waals surface area (Å²) in [4.78, 5) is 40.4. The van der Waals surface area contributed by atoms with E-state index in [1.165, 1.54) is 0 Å². The molecule has 1 fully saturated rings. The Morgan fingerprint density at radius 2 is 1.82 bits per heavy atom. The number of aliphatic hydroxyl groups is 2. The monoisotopic (exact) mass is 604 g/mol. The highest BCUT2D eigenvalue weighted by Gasteiger charge is 2.24. The number of ether oxygens (including phenoxy) is 1. The first-order valence-electron chi connectivity index (χ1n) is 12.4. The molecule has 0 radical (unpaired) electrons. The van der Waals surface area contributed by atoms with E-state index in [0.29, 0.717) is 24.6 Å². The predicted octanol–water partition coefficient (Wildman–Crippen LogP) is 1.54. The highest BCUT2D eigenvalue weighted by atomic mass is 35.5. The normalized spacial score (nSPS) is 15.4. The van der Waals surface area contributed by atoms with Crippen molar-refractivity contribution in [3.05, 3.63) is 39.9 Å². The van der Waals surface area contributed by atoms with E-state index in [1.54, 1.807) is 4.90 Å². The van der Waals surface area contributed by atoms with Gasteiger partial charge in [-0.1, -0.05) is 11.6 Å². The number of nitrogens with one attached hydrogen (secondary N) is 2. The van der Waals surface area contributed by atoms with Crippen LogP contribution < -0.4 is 21.1 Å². The summed E-state index contributed by atoms with van der Waals surface area (Å²) in [6.45, 7) is 2.10. The molecule has 6 N–H and O–H groups in total. The van der Waals surface area contributed by atoms with E-state index in [1.807, 2.05) is 7.05 Å². The van der Waals surface area contributed by atoms with Crippen LogP contribution in [0.1, 0.15) is 35.2 Å². The van der Waals surface area contributed by atoms with E-state index in [2.05, 4.69) is 19.9 Å². The summed E-state index contributed by atoms with van der Waals surface area (Å²) >= 11 is 6.27. The Bertz CT molecular complexity index is 1190. The lowest BCUT2D eigenvalue weighted by Crippen LogP contribution is -2.47. The molecule has 0 aliphatic carbocycles. The first kappa shape index (κ1) is 31.4. The lowest BCUT2D eigenvalue weighted by molar-refractivity contribution is -0.135. The number of aromatic nitrogens is 1. The maximum absolute atomic E-state index is 14.0. The number of rotatable bonds is 12. The molecule has 2 unspecified atom stereocenters. The minimum atomic E-state index is -1.03. The molecular formula is C24H31ClF2N6O6S. The van der Waals surface area contributed by atoms with Crippen molar-refractivity contribution in [2.24, 2.45) is 5.73 Å². The molecule has 0 bridgehead atoms. The highest BCUT2D eigenvalue weighted by Crippen LogP contribution is 2.31. The summed E-state index contributed by atoms with van der Waals surface area (Å²) in [7, 11) is 1.97. The molecule has 1 aliphatic heterocycles. The maximum atomic E-state index is 14.0. The van der Waals surface area contributed by atoms with E-state index in [0.717, 1.165) is 25.2 Å². The van der Waals surface area contributed by atoms with Crippen LogP contribution in [-0.4, -0.2) is 94.2 Å². The molecule has 4 amide bonds. The Labute approximate surface area is 238 Å². The van der Waals surface area contributed by atoms with Crippen molar-refractivity contribution in [1.29, 1.82) is 0 Å². The molecule has 0 spiro atoms. The summed E-state index contributed by atoms with van der Waals surface area (Å²) in [5, 5.41) is 25.1. The van der Waals surface area contributed by atoms with Crippen molar-refractivity contribution in [2.45, 2.75) is 38.1 Å². The number of carbonyl (C=O) groups is 3. The number of nitrogens with zero attached hydrogens (tertiary/aromatic N) is 3. The quantitative estimate of drug-likeness (QED) is 0.243. The smallest absolute Gasteiger partial charge is 0.319 e. The van der Waals surface area contributed by atoms with Gasteiger partial charge >= 0.3 is 6.03 Å². The van der Waals surface area contributed by atoms with Crippen LogP contribution in [0.4, 0.5) is 18.6 Å². The zero-order chi connectivity index (χ0) is 29.4. The fourth-order valence-electron chi connectivity index (χ4n) is 3.93. The van der Waals surface area contributed by atoms with Crippen LogP contribution in [0.25, 0.3) is 0 Å². The SMILES string of the molecule is CN1CCN(C(=O)CC(O)CC(O)CCNC(=O)Nc2snc(OCc3c(F)cc(Cl)cc3F)c2C(N)=O)CC1. The van der Waals surface area contributed by atoms with E-state index in [9.17, 15) is 33.4 Å². The maximum Gasteiger partial charge on any atom is 0.319 e. The standard InChI is InChI=1S/C24H31ClF2N6O6S/c1-32-4-6-33(7-5-32)19(36)11-15(35)10-14(34)2-3-29-24(38)30-23-20(21(28)37)22(31-40-23)39-12-16-17(26)8-13(25)9-18(16)27/h8-9,14-15,34-35H,2-7,10-12H2,1H3,(H2,28,37)(H2,29,30,38). The van der Waals surface area contributed by atoms with Crippen LogP contribution in [0, 0.1) is 11.6 Å². The van der Waals surface area contributed by atoms with Crippen LogP contribution in [0.3, 0.4) is 0 Å². The van der Waals surface area contributed by atoms with Gasteiger partial charge in [0, 0.05) is 37.7 Å². The van der Waals surface area contributed by atoms with Crippen LogP contribution in [-0.2, 0) is 11.4 Å². The number of hydrogen-bond donors (Lipinski definition) is 5. The van der Waals surface area contributed by atoms with Gasteiger partial charge in [0.05, 0.1) is 24.2 Å². The minimum absolute atomic E-state index is 0.00924. The number of carbonyl (C=O) groups excluding carboxylic acids is 3. The lowest BCUT2D eigenvalue weighted by Gasteiger charge is -2.33. The van der Waals surface area contributed by atoms with Gasteiger partial charge in [-0.25, -0.2) is 13.6 Å². The Balaban J connectivity index is 1.44. The average molecular weight is 605 g/mol.